The van der Waals surface area contributed by atoms with Crippen LogP contribution in [-0.2, 0) is 6.54 Å². The van der Waals surface area contributed by atoms with E-state index in [0.29, 0.717) is 6.54 Å². The molecule has 1 aliphatic rings. The predicted molar refractivity (Wildman–Crippen MR) is 93.5 cm³/mol. The smallest absolute Gasteiger partial charge is 0.194 e. The van der Waals surface area contributed by atoms with Crippen LogP contribution in [0, 0.1) is 0 Å². The number of piperazine rings is 1. The SMILES string of the molecule is CN=C(NCc1ccon1)N1CCN(c2ccc(OC)cc2)CC1. The number of hydrogen-bond acceptors (Lipinski definition) is 5. The summed E-state index contributed by atoms with van der Waals surface area (Å²) in [5, 5.41) is 7.23. The Morgan fingerprint density at radius 1 is 1.21 bits per heavy atom. The fourth-order valence-corrected chi connectivity index (χ4v) is 2.80. The van der Waals surface area contributed by atoms with Crippen LogP contribution in [0.4, 0.5) is 5.69 Å². The summed E-state index contributed by atoms with van der Waals surface area (Å²) in [4.78, 5) is 9.01. The number of hydrogen-bond donors (Lipinski definition) is 1. The second kappa shape index (κ2) is 7.72. The standard InChI is InChI=1S/C17H23N5O2/c1-18-17(19-13-14-7-12-24-20-14)22-10-8-21(9-11-22)15-3-5-16(23-2)6-4-15/h3-7,12H,8-11,13H2,1-2H3,(H,18,19). The predicted octanol–water partition coefficient (Wildman–Crippen LogP) is 1.58. The van der Waals surface area contributed by atoms with Crippen molar-refractivity contribution in [2.75, 3.05) is 45.2 Å². The zero-order chi connectivity index (χ0) is 16.8. The third-order valence-corrected chi connectivity index (χ3v) is 4.15. The number of guanidine groups is 1. The molecule has 0 spiro atoms. The van der Waals surface area contributed by atoms with E-state index in [2.05, 4.69) is 37.4 Å². The molecule has 0 amide bonds. The number of aliphatic imine (C=N–C) groups is 1. The van der Waals surface area contributed by atoms with Crippen molar-refractivity contribution in [1.82, 2.24) is 15.4 Å². The maximum Gasteiger partial charge on any atom is 0.194 e. The lowest BCUT2D eigenvalue weighted by atomic mass is 10.2. The van der Waals surface area contributed by atoms with Gasteiger partial charge in [0, 0.05) is 45.0 Å². The summed E-state index contributed by atoms with van der Waals surface area (Å²) >= 11 is 0. The van der Waals surface area contributed by atoms with Crippen molar-refractivity contribution in [1.29, 1.82) is 0 Å². The highest BCUT2D eigenvalue weighted by atomic mass is 16.5. The van der Waals surface area contributed by atoms with Crippen molar-refractivity contribution in [2.45, 2.75) is 6.54 Å². The Morgan fingerprint density at radius 3 is 2.54 bits per heavy atom. The van der Waals surface area contributed by atoms with Crippen LogP contribution >= 0.6 is 0 Å². The van der Waals surface area contributed by atoms with E-state index in [-0.39, 0.29) is 0 Å². The third kappa shape index (κ3) is 3.79. The van der Waals surface area contributed by atoms with Crippen molar-refractivity contribution in [2.24, 2.45) is 4.99 Å². The number of ether oxygens (including phenoxy) is 1. The average molecular weight is 329 g/mol. The number of methoxy groups -OCH3 is 1. The molecule has 2 aromatic rings. The monoisotopic (exact) mass is 329 g/mol. The van der Waals surface area contributed by atoms with Crippen LogP contribution in [0.1, 0.15) is 5.69 Å². The molecular formula is C17H23N5O2. The summed E-state index contributed by atoms with van der Waals surface area (Å²) < 4.78 is 10.1. The quantitative estimate of drug-likeness (QED) is 0.679. The van der Waals surface area contributed by atoms with Crippen LogP contribution in [-0.4, -0.2) is 56.4 Å². The summed E-state index contributed by atoms with van der Waals surface area (Å²) in [5.74, 6) is 1.78. The zero-order valence-corrected chi connectivity index (χ0v) is 14.1. The van der Waals surface area contributed by atoms with E-state index in [9.17, 15) is 0 Å². The van der Waals surface area contributed by atoms with Crippen LogP contribution < -0.4 is 15.0 Å². The Morgan fingerprint density at radius 2 is 1.96 bits per heavy atom. The molecule has 7 nitrogen and oxygen atoms in total. The number of aromatic nitrogens is 1. The second-order valence-corrected chi connectivity index (χ2v) is 5.56. The number of nitrogens with zero attached hydrogens (tertiary/aromatic N) is 4. The fourth-order valence-electron chi connectivity index (χ4n) is 2.80. The molecule has 0 radical (unpaired) electrons. The van der Waals surface area contributed by atoms with Gasteiger partial charge >= 0.3 is 0 Å². The highest BCUT2D eigenvalue weighted by Crippen LogP contribution is 2.20. The third-order valence-electron chi connectivity index (χ3n) is 4.15. The molecule has 0 aliphatic carbocycles. The molecule has 1 fully saturated rings. The maximum absolute atomic E-state index is 5.21. The van der Waals surface area contributed by atoms with Gasteiger partial charge in [-0.2, -0.15) is 0 Å². The molecule has 0 unspecified atom stereocenters. The van der Waals surface area contributed by atoms with Crippen molar-refractivity contribution >= 4 is 11.6 Å². The summed E-state index contributed by atoms with van der Waals surface area (Å²) in [6.45, 7) is 4.37. The molecule has 3 rings (SSSR count). The number of nitrogens with one attached hydrogen (secondary N) is 1. The Balaban J connectivity index is 1.53. The molecule has 0 bridgehead atoms. The van der Waals surface area contributed by atoms with Crippen molar-refractivity contribution in [3.8, 4) is 5.75 Å². The molecule has 128 valence electrons. The lowest BCUT2D eigenvalue weighted by Crippen LogP contribution is -2.52. The minimum absolute atomic E-state index is 0.613. The van der Waals surface area contributed by atoms with Gasteiger partial charge in [0.1, 0.15) is 17.7 Å². The van der Waals surface area contributed by atoms with E-state index in [0.717, 1.165) is 43.6 Å². The van der Waals surface area contributed by atoms with Gasteiger partial charge in [-0.25, -0.2) is 0 Å². The minimum Gasteiger partial charge on any atom is -0.497 e. The largest absolute Gasteiger partial charge is 0.497 e. The first kappa shape index (κ1) is 16.2. The van der Waals surface area contributed by atoms with Crippen LogP contribution in [0.5, 0.6) is 5.75 Å². The van der Waals surface area contributed by atoms with Gasteiger partial charge in [0.05, 0.1) is 13.7 Å². The lowest BCUT2D eigenvalue weighted by Gasteiger charge is -2.37. The Bertz CT molecular complexity index is 646. The zero-order valence-electron chi connectivity index (χ0n) is 14.1. The molecule has 2 heterocycles. The van der Waals surface area contributed by atoms with Gasteiger partial charge in [-0.1, -0.05) is 5.16 Å². The first-order valence-corrected chi connectivity index (χ1v) is 8.04. The Hall–Kier alpha value is -2.70. The molecule has 0 saturated carbocycles. The molecule has 24 heavy (non-hydrogen) atoms. The number of anilines is 1. The molecule has 1 saturated heterocycles. The van der Waals surface area contributed by atoms with E-state index >= 15 is 0 Å². The number of benzene rings is 1. The van der Waals surface area contributed by atoms with Gasteiger partial charge in [-0.15, -0.1) is 0 Å². The van der Waals surface area contributed by atoms with Crippen molar-refractivity contribution in [3.05, 3.63) is 42.3 Å². The van der Waals surface area contributed by atoms with E-state index in [1.807, 2.05) is 18.2 Å². The van der Waals surface area contributed by atoms with Gasteiger partial charge in [0.15, 0.2) is 5.96 Å². The first-order chi connectivity index (χ1) is 11.8. The molecule has 1 aliphatic heterocycles. The molecule has 1 aromatic heterocycles. The maximum atomic E-state index is 5.21. The van der Waals surface area contributed by atoms with E-state index in [4.69, 9.17) is 9.26 Å². The van der Waals surface area contributed by atoms with Crippen LogP contribution in [0.3, 0.4) is 0 Å². The Kier molecular flexibility index (Phi) is 5.20. The fraction of sp³-hybridized carbons (Fsp3) is 0.412. The highest BCUT2D eigenvalue weighted by Gasteiger charge is 2.19. The second-order valence-electron chi connectivity index (χ2n) is 5.56. The molecule has 1 aromatic carbocycles. The lowest BCUT2D eigenvalue weighted by molar-refractivity contribution is 0.370. The van der Waals surface area contributed by atoms with Crippen molar-refractivity contribution in [3.63, 3.8) is 0 Å². The van der Waals surface area contributed by atoms with E-state index in [1.165, 1.54) is 5.69 Å². The Labute approximate surface area is 141 Å². The van der Waals surface area contributed by atoms with Gasteiger partial charge < -0.3 is 24.4 Å². The van der Waals surface area contributed by atoms with Gasteiger partial charge in [-0.3, -0.25) is 4.99 Å². The minimum atomic E-state index is 0.613. The number of rotatable bonds is 4. The summed E-state index contributed by atoms with van der Waals surface area (Å²) in [5.41, 5.74) is 2.09. The van der Waals surface area contributed by atoms with Crippen LogP contribution in [0.2, 0.25) is 0 Å². The molecule has 7 heteroatoms. The van der Waals surface area contributed by atoms with Crippen LogP contribution in [0.25, 0.3) is 0 Å². The summed E-state index contributed by atoms with van der Waals surface area (Å²) in [6.07, 6.45) is 1.58. The highest BCUT2D eigenvalue weighted by molar-refractivity contribution is 5.80. The van der Waals surface area contributed by atoms with Gasteiger partial charge in [0.25, 0.3) is 0 Å². The van der Waals surface area contributed by atoms with Gasteiger partial charge in [0.2, 0.25) is 0 Å². The topological polar surface area (TPSA) is 66.1 Å². The molecule has 1 N–H and O–H groups in total. The average Bonchev–Trinajstić information content (AvgIpc) is 3.16. The summed E-state index contributed by atoms with van der Waals surface area (Å²) in [6, 6.07) is 10.1. The molecule has 0 atom stereocenters. The van der Waals surface area contributed by atoms with E-state index in [1.54, 1.807) is 20.4 Å². The first-order valence-electron chi connectivity index (χ1n) is 8.04. The van der Waals surface area contributed by atoms with Crippen LogP contribution in [0.15, 0.2) is 46.1 Å². The summed E-state index contributed by atoms with van der Waals surface area (Å²) in [7, 11) is 3.49. The van der Waals surface area contributed by atoms with Crippen molar-refractivity contribution < 1.29 is 9.26 Å². The van der Waals surface area contributed by atoms with E-state index < -0.39 is 0 Å². The molecular weight excluding hydrogens is 306 g/mol. The normalized spacial score (nSPS) is 15.5. The van der Waals surface area contributed by atoms with Gasteiger partial charge in [-0.05, 0) is 24.3 Å².